The second-order valence-corrected chi connectivity index (χ2v) is 7.74. The molecule has 2 aromatic carbocycles. The number of hydrogen-bond acceptors (Lipinski definition) is 5. The molecule has 1 heterocycles. The highest BCUT2D eigenvalue weighted by atomic mass is 35.5. The summed E-state index contributed by atoms with van der Waals surface area (Å²) < 4.78 is 0. The molecule has 0 fully saturated rings. The predicted octanol–water partition coefficient (Wildman–Crippen LogP) is 4.52. The average molecular weight is 415 g/mol. The fourth-order valence-corrected chi connectivity index (χ4v) is 3.24. The number of H-pyrrole nitrogens is 1. The highest BCUT2D eigenvalue weighted by Gasteiger charge is 2.11. The number of nitrogens with two attached hydrogens (primary N) is 1. The van der Waals surface area contributed by atoms with Crippen molar-refractivity contribution in [1.82, 2.24) is 10.2 Å². The summed E-state index contributed by atoms with van der Waals surface area (Å²) in [6, 6.07) is 10.6. The average Bonchev–Trinajstić information content (AvgIpc) is 3.13. The van der Waals surface area contributed by atoms with E-state index in [4.69, 9.17) is 22.7 Å². The summed E-state index contributed by atoms with van der Waals surface area (Å²) in [5.74, 6) is -0.209. The normalized spacial score (nSPS) is 11.8. The van der Waals surface area contributed by atoms with Crippen LogP contribution in [0.15, 0.2) is 47.6 Å². The second-order valence-electron chi connectivity index (χ2n) is 6.34. The van der Waals surface area contributed by atoms with Crippen LogP contribution in [0.4, 0.5) is 11.4 Å². The minimum Gasteiger partial charge on any atom is -0.378 e. The highest BCUT2D eigenvalue weighted by molar-refractivity contribution is 8.26. The van der Waals surface area contributed by atoms with Gasteiger partial charge >= 0.3 is 0 Å². The molecule has 0 aliphatic rings. The number of aromatic nitrogens is 2. The monoisotopic (exact) mass is 414 g/mol. The molecule has 28 heavy (non-hydrogen) atoms. The van der Waals surface area contributed by atoms with Gasteiger partial charge in [-0.3, -0.25) is 15.3 Å². The number of rotatable bonds is 4. The van der Waals surface area contributed by atoms with Gasteiger partial charge in [-0.2, -0.15) is 5.10 Å². The lowest BCUT2D eigenvalue weighted by molar-refractivity contribution is -0.118. The minimum atomic E-state index is -0.127. The second kappa shape index (κ2) is 8.45. The molecule has 7 nitrogen and oxygen atoms in total. The van der Waals surface area contributed by atoms with Crippen molar-refractivity contribution in [2.75, 3.05) is 5.32 Å². The molecule has 0 unspecified atom stereocenters. The Kier molecular flexibility index (Phi) is 6.01. The summed E-state index contributed by atoms with van der Waals surface area (Å²) in [7, 11) is 0. The van der Waals surface area contributed by atoms with Crippen LogP contribution in [0.3, 0.4) is 0 Å². The Labute approximate surface area is 171 Å². The lowest BCUT2D eigenvalue weighted by atomic mass is 10.2. The maximum Gasteiger partial charge on any atom is 0.226 e. The fourth-order valence-electron chi connectivity index (χ4n) is 2.39. The molecule has 5 N–H and O–H groups in total. The smallest absolute Gasteiger partial charge is 0.226 e. The molecule has 0 aliphatic carbocycles. The molecule has 3 aromatic rings. The van der Waals surface area contributed by atoms with Gasteiger partial charge in [-0.1, -0.05) is 37.6 Å². The molecule has 0 atom stereocenters. The lowest BCUT2D eigenvalue weighted by Crippen LogP contribution is -2.18. The van der Waals surface area contributed by atoms with E-state index in [-0.39, 0.29) is 22.0 Å². The third kappa shape index (κ3) is 4.52. The molecule has 0 saturated heterocycles. The Bertz CT molecular complexity index is 1080. The number of carbonyl (C=O) groups excluding carboxylic acids is 1. The first-order chi connectivity index (χ1) is 13.3. The van der Waals surface area contributed by atoms with Crippen molar-refractivity contribution >= 4 is 61.8 Å². The van der Waals surface area contributed by atoms with Crippen LogP contribution in [0.2, 0.25) is 5.02 Å². The van der Waals surface area contributed by atoms with Crippen molar-refractivity contribution < 1.29 is 4.79 Å². The predicted molar refractivity (Wildman–Crippen MR) is 117 cm³/mol. The molecule has 9 heteroatoms. The first kappa shape index (κ1) is 19.9. The van der Waals surface area contributed by atoms with E-state index in [1.807, 2.05) is 19.9 Å². The number of nitrogens with zero attached hydrogens (tertiary/aromatic N) is 2. The number of carbonyl (C=O) groups is 1. The molecule has 0 aliphatic heterocycles. The molecule has 0 saturated carbocycles. The maximum absolute atomic E-state index is 11.9. The number of thioether (sulfide) groups is 1. The number of aromatic amines is 1. The van der Waals surface area contributed by atoms with Gasteiger partial charge in [-0.05, 0) is 36.0 Å². The molecule has 144 valence electrons. The van der Waals surface area contributed by atoms with Crippen molar-refractivity contribution in [3.05, 3.63) is 53.2 Å². The zero-order valence-electron chi connectivity index (χ0n) is 15.3. The van der Waals surface area contributed by atoms with Gasteiger partial charge in [0.2, 0.25) is 5.91 Å². The summed E-state index contributed by atoms with van der Waals surface area (Å²) in [4.78, 5) is 16.2. The Morgan fingerprint density at radius 3 is 2.89 bits per heavy atom. The van der Waals surface area contributed by atoms with E-state index in [0.717, 1.165) is 22.7 Å². The van der Waals surface area contributed by atoms with Crippen LogP contribution in [0.1, 0.15) is 19.4 Å². The van der Waals surface area contributed by atoms with Gasteiger partial charge in [0, 0.05) is 22.6 Å². The maximum atomic E-state index is 11.9. The molecule has 0 radical (unpaired) electrons. The third-order valence-corrected chi connectivity index (χ3v) is 5.03. The zero-order valence-corrected chi connectivity index (χ0v) is 16.9. The Morgan fingerprint density at radius 1 is 1.36 bits per heavy atom. The summed E-state index contributed by atoms with van der Waals surface area (Å²) in [5.41, 5.74) is 8.58. The van der Waals surface area contributed by atoms with Crippen molar-refractivity contribution in [3.63, 3.8) is 0 Å². The van der Waals surface area contributed by atoms with Gasteiger partial charge in [0.15, 0.2) is 5.17 Å². The molecule has 0 bridgehead atoms. The number of halogens is 1. The quantitative estimate of drug-likeness (QED) is 0.370. The highest BCUT2D eigenvalue weighted by Crippen LogP contribution is 2.32. The van der Waals surface area contributed by atoms with Crippen LogP contribution >= 0.6 is 23.4 Å². The van der Waals surface area contributed by atoms with Gasteiger partial charge in [-0.25, -0.2) is 4.99 Å². The van der Waals surface area contributed by atoms with Crippen LogP contribution in [0, 0.1) is 11.3 Å². The number of hydrogen-bond donors (Lipinski definition) is 4. The van der Waals surface area contributed by atoms with E-state index >= 15 is 0 Å². The van der Waals surface area contributed by atoms with E-state index in [0.29, 0.717) is 22.0 Å². The van der Waals surface area contributed by atoms with E-state index < -0.39 is 0 Å². The molecule has 3 rings (SSSR count). The van der Waals surface area contributed by atoms with Crippen molar-refractivity contribution in [2.45, 2.75) is 13.8 Å². The number of amides is 1. The van der Waals surface area contributed by atoms with Crippen molar-refractivity contribution in [1.29, 1.82) is 5.41 Å². The van der Waals surface area contributed by atoms with Crippen molar-refractivity contribution in [3.8, 4) is 0 Å². The van der Waals surface area contributed by atoms with Gasteiger partial charge in [-0.15, -0.1) is 0 Å². The number of nitrogens with one attached hydrogen (secondary N) is 3. The Balaban J connectivity index is 1.75. The fraction of sp³-hybridized carbons (Fsp3) is 0.158. The molecular weight excluding hydrogens is 396 g/mol. The number of aliphatic imine (C=N–C) groups is 1. The Morgan fingerprint density at radius 2 is 2.14 bits per heavy atom. The number of amidine groups is 1. The van der Waals surface area contributed by atoms with Gasteiger partial charge < -0.3 is 11.1 Å². The first-order valence-electron chi connectivity index (χ1n) is 8.48. The standard InChI is InChI=1S/C19H19ClN6OS/c1-10(2)18(27)24-12-5-3-4-11(8-12)17(21)28-19(22)25-15-7-6-14-13(16(15)20)9-23-26-14/h3-10,21H,1-2H3,(H2,22,25)(H,23,26)(H,24,27). The number of anilines is 1. The van der Waals surface area contributed by atoms with Gasteiger partial charge in [0.05, 0.1) is 22.4 Å². The van der Waals surface area contributed by atoms with Crippen LogP contribution in [-0.4, -0.2) is 26.3 Å². The zero-order chi connectivity index (χ0) is 20.3. The summed E-state index contributed by atoms with van der Waals surface area (Å²) in [6.45, 7) is 3.64. The SMILES string of the molecule is CC(C)C(=O)Nc1cccc(C(=N)SC(N)=Nc2ccc3[nH]ncc3c2Cl)c1. The van der Waals surface area contributed by atoms with Gasteiger partial charge in [0.1, 0.15) is 5.04 Å². The number of benzene rings is 2. The van der Waals surface area contributed by atoms with Crippen LogP contribution < -0.4 is 11.1 Å². The van der Waals surface area contributed by atoms with E-state index in [2.05, 4.69) is 20.5 Å². The molecule has 1 aromatic heterocycles. The third-order valence-electron chi connectivity index (χ3n) is 3.89. The number of fused-ring (bicyclic) bond motifs is 1. The molecular formula is C19H19ClN6OS. The summed E-state index contributed by atoms with van der Waals surface area (Å²) >= 11 is 7.36. The first-order valence-corrected chi connectivity index (χ1v) is 9.68. The topological polar surface area (TPSA) is 120 Å². The van der Waals surface area contributed by atoms with Crippen LogP contribution in [0.25, 0.3) is 10.9 Å². The molecule has 1 amide bonds. The summed E-state index contributed by atoms with van der Waals surface area (Å²) in [5, 5.41) is 19.5. The van der Waals surface area contributed by atoms with Crippen molar-refractivity contribution in [2.24, 2.45) is 16.6 Å². The summed E-state index contributed by atoms with van der Waals surface area (Å²) in [6.07, 6.45) is 1.62. The largest absolute Gasteiger partial charge is 0.378 e. The Hall–Kier alpha value is -2.84. The van der Waals surface area contributed by atoms with E-state index in [1.165, 1.54) is 0 Å². The lowest BCUT2D eigenvalue weighted by Gasteiger charge is -2.10. The van der Waals surface area contributed by atoms with E-state index in [1.54, 1.807) is 36.5 Å². The van der Waals surface area contributed by atoms with E-state index in [9.17, 15) is 4.79 Å². The minimum absolute atomic E-state index is 0.0818. The van der Waals surface area contributed by atoms with Gasteiger partial charge in [0.25, 0.3) is 0 Å². The molecule has 0 spiro atoms. The van der Waals surface area contributed by atoms with Crippen LogP contribution in [-0.2, 0) is 4.79 Å². The van der Waals surface area contributed by atoms with Crippen LogP contribution in [0.5, 0.6) is 0 Å².